The van der Waals surface area contributed by atoms with Crippen LogP contribution >= 0.6 is 23.1 Å². The molecule has 1 aliphatic rings. The number of hydrogen-bond acceptors (Lipinski definition) is 9. The minimum absolute atomic E-state index is 0.00477. The quantitative estimate of drug-likeness (QED) is 0.175. The molecule has 0 spiro atoms. The molecule has 0 unspecified atom stereocenters. The second kappa shape index (κ2) is 16.0. The molecule has 0 bridgehead atoms. The lowest BCUT2D eigenvalue weighted by Gasteiger charge is -2.36. The number of aliphatic hydroxyl groups is 1. The summed E-state index contributed by atoms with van der Waals surface area (Å²) in [5, 5.41) is 24.5. The zero-order valence-electron chi connectivity index (χ0n) is 23.5. The van der Waals surface area contributed by atoms with Crippen LogP contribution < -0.4 is 10.6 Å². The molecule has 1 aromatic heterocycles. The fraction of sp³-hybridized carbons (Fsp3) is 0.467. The van der Waals surface area contributed by atoms with Gasteiger partial charge in [0.25, 0.3) is 0 Å². The molecule has 2 aromatic carbocycles. The Kier molecular flexibility index (Phi) is 12.1. The topological polar surface area (TPSA) is 123 Å². The predicted molar refractivity (Wildman–Crippen MR) is 159 cm³/mol. The van der Waals surface area contributed by atoms with E-state index in [4.69, 9.17) is 9.47 Å². The lowest BCUT2D eigenvalue weighted by molar-refractivity contribution is -0.245. The van der Waals surface area contributed by atoms with Crippen molar-refractivity contribution < 1.29 is 24.2 Å². The summed E-state index contributed by atoms with van der Waals surface area (Å²) in [6.07, 6.45) is 3.00. The minimum Gasteiger partial charge on any atom is -0.392 e. The highest BCUT2D eigenvalue weighted by Gasteiger charge is 2.32. The molecule has 2 amide bonds. The average molecular weight is 599 g/mol. The van der Waals surface area contributed by atoms with Crippen molar-refractivity contribution in [3.63, 3.8) is 0 Å². The number of rotatable bonds is 14. The van der Waals surface area contributed by atoms with Crippen molar-refractivity contribution >= 4 is 34.9 Å². The smallest absolute Gasteiger partial charge is 0.220 e. The molecule has 41 heavy (non-hydrogen) atoms. The van der Waals surface area contributed by atoms with Crippen LogP contribution in [-0.4, -0.2) is 45.5 Å². The molecular weight excluding hydrogens is 560 g/mol. The summed E-state index contributed by atoms with van der Waals surface area (Å²) >= 11 is 3.22. The Hall–Kier alpha value is -2.83. The zero-order valence-corrected chi connectivity index (χ0v) is 25.1. The number of amides is 2. The highest BCUT2D eigenvalue weighted by Crippen LogP contribution is 2.39. The van der Waals surface area contributed by atoms with Crippen molar-refractivity contribution in [3.05, 3.63) is 75.8 Å². The zero-order chi connectivity index (χ0) is 29.0. The Morgan fingerprint density at radius 3 is 2.39 bits per heavy atom. The van der Waals surface area contributed by atoms with Gasteiger partial charge in [-0.25, -0.2) is 0 Å². The molecule has 0 aliphatic carbocycles. The van der Waals surface area contributed by atoms with E-state index >= 15 is 0 Å². The molecule has 220 valence electrons. The molecule has 3 atom stereocenters. The van der Waals surface area contributed by atoms with Gasteiger partial charge in [-0.15, -0.1) is 10.2 Å². The number of carbonyl (C=O) groups excluding carboxylic acids is 2. The fourth-order valence-corrected chi connectivity index (χ4v) is 6.32. The Labute approximate surface area is 249 Å². The van der Waals surface area contributed by atoms with E-state index < -0.39 is 6.29 Å². The number of aliphatic hydroxyl groups excluding tert-OH is 1. The third-order valence-electron chi connectivity index (χ3n) is 6.71. The van der Waals surface area contributed by atoms with Gasteiger partial charge < -0.3 is 25.2 Å². The van der Waals surface area contributed by atoms with E-state index in [9.17, 15) is 14.7 Å². The van der Waals surface area contributed by atoms with Gasteiger partial charge in [0.15, 0.2) is 10.6 Å². The maximum absolute atomic E-state index is 12.2. The van der Waals surface area contributed by atoms with Crippen molar-refractivity contribution in [2.45, 2.75) is 81.9 Å². The predicted octanol–water partition coefficient (Wildman–Crippen LogP) is 4.99. The van der Waals surface area contributed by atoms with Crippen LogP contribution in [0.1, 0.15) is 78.7 Å². The molecule has 1 fully saturated rings. The highest BCUT2D eigenvalue weighted by atomic mass is 32.2. The van der Waals surface area contributed by atoms with E-state index in [1.54, 1.807) is 23.1 Å². The van der Waals surface area contributed by atoms with Crippen molar-refractivity contribution in [1.82, 2.24) is 20.8 Å². The lowest BCUT2D eigenvalue weighted by atomic mass is 10.0. The summed E-state index contributed by atoms with van der Waals surface area (Å²) in [5.74, 6) is 0.729. The van der Waals surface area contributed by atoms with E-state index in [-0.39, 0.29) is 30.6 Å². The van der Waals surface area contributed by atoms with E-state index in [0.717, 1.165) is 56.6 Å². The SMILES string of the molecule is CC(=O)NCCCCCC(=O)NCc1ccc([C@@H]2O[C@H](CSc3nnc(C)s3)C[C@H](c3ccc(CO)cc3)O2)cc1. The molecule has 9 nitrogen and oxygen atoms in total. The number of hydrogen-bond donors (Lipinski definition) is 3. The maximum atomic E-state index is 12.2. The standard InChI is InChI=1S/C30H38N4O5S2/c1-20(36)31-15-5-3-4-6-28(37)32-17-22-7-13-25(14-8-22)29-38-26(19-40-30-34-33-21(2)41-30)16-27(39-29)24-11-9-23(18-35)10-12-24/h7-14,26-27,29,35H,3-6,15-19H2,1-2H3,(H,31,36)(H,32,37)/t26-,27+,29+/m0/s1. The van der Waals surface area contributed by atoms with E-state index in [2.05, 4.69) is 20.8 Å². The number of carbonyl (C=O) groups is 2. The summed E-state index contributed by atoms with van der Waals surface area (Å²) < 4.78 is 13.8. The number of nitrogens with one attached hydrogen (secondary N) is 2. The molecule has 0 radical (unpaired) electrons. The van der Waals surface area contributed by atoms with Crippen LogP contribution in [0.4, 0.5) is 0 Å². The molecule has 2 heterocycles. The van der Waals surface area contributed by atoms with E-state index in [1.807, 2.05) is 55.5 Å². The summed E-state index contributed by atoms with van der Waals surface area (Å²) in [7, 11) is 0. The van der Waals surface area contributed by atoms with Crippen LogP contribution in [0.5, 0.6) is 0 Å². The number of aryl methyl sites for hydroxylation is 1. The second-order valence-electron chi connectivity index (χ2n) is 10.1. The minimum atomic E-state index is -0.533. The first-order valence-electron chi connectivity index (χ1n) is 13.9. The largest absolute Gasteiger partial charge is 0.392 e. The molecule has 1 aliphatic heterocycles. The first-order valence-corrected chi connectivity index (χ1v) is 15.7. The molecule has 4 rings (SSSR count). The summed E-state index contributed by atoms with van der Waals surface area (Å²) in [4.78, 5) is 23.1. The van der Waals surface area contributed by atoms with Gasteiger partial charge in [0.05, 0.1) is 18.8 Å². The maximum Gasteiger partial charge on any atom is 0.220 e. The number of nitrogens with zero attached hydrogens (tertiary/aromatic N) is 2. The molecule has 0 saturated carbocycles. The van der Waals surface area contributed by atoms with Gasteiger partial charge in [-0.2, -0.15) is 0 Å². The molecular formula is C30H38N4O5S2. The van der Waals surface area contributed by atoms with Crippen molar-refractivity contribution in [2.24, 2.45) is 0 Å². The Morgan fingerprint density at radius 2 is 1.71 bits per heavy atom. The fourth-order valence-electron chi connectivity index (χ4n) is 4.46. The van der Waals surface area contributed by atoms with Crippen LogP contribution in [0.3, 0.4) is 0 Å². The van der Waals surface area contributed by atoms with Gasteiger partial charge in [-0.05, 0) is 36.5 Å². The van der Waals surface area contributed by atoms with Gasteiger partial charge >= 0.3 is 0 Å². The molecule has 11 heteroatoms. The molecule has 3 N–H and O–H groups in total. The third-order valence-corrected chi connectivity index (χ3v) is 8.82. The Morgan fingerprint density at radius 1 is 0.976 bits per heavy atom. The summed E-state index contributed by atoms with van der Waals surface area (Å²) in [5.41, 5.74) is 3.82. The third kappa shape index (κ3) is 10.2. The first kappa shape index (κ1) is 31.1. The summed E-state index contributed by atoms with van der Waals surface area (Å²) in [6.45, 7) is 4.56. The number of unbranched alkanes of at least 4 members (excludes halogenated alkanes) is 2. The number of thioether (sulfide) groups is 1. The number of ether oxygens (including phenoxy) is 2. The van der Waals surface area contributed by atoms with Crippen LogP contribution in [0.15, 0.2) is 52.9 Å². The normalized spacial score (nSPS) is 18.7. The van der Waals surface area contributed by atoms with Gasteiger partial charge in [0.1, 0.15) is 5.01 Å². The van der Waals surface area contributed by atoms with E-state index in [1.165, 1.54) is 6.92 Å². The van der Waals surface area contributed by atoms with Crippen LogP contribution in [0.2, 0.25) is 0 Å². The van der Waals surface area contributed by atoms with E-state index in [0.29, 0.717) is 25.9 Å². The second-order valence-corrected chi connectivity index (χ2v) is 12.5. The summed E-state index contributed by atoms with van der Waals surface area (Å²) in [6, 6.07) is 15.8. The van der Waals surface area contributed by atoms with Crippen LogP contribution in [0.25, 0.3) is 0 Å². The van der Waals surface area contributed by atoms with Crippen molar-refractivity contribution in [2.75, 3.05) is 12.3 Å². The van der Waals surface area contributed by atoms with Gasteiger partial charge in [0, 0.05) is 44.2 Å². The van der Waals surface area contributed by atoms with Crippen molar-refractivity contribution in [3.8, 4) is 0 Å². The molecule has 1 saturated heterocycles. The van der Waals surface area contributed by atoms with Crippen LogP contribution in [0, 0.1) is 6.92 Å². The number of benzene rings is 2. The van der Waals surface area contributed by atoms with Crippen molar-refractivity contribution in [1.29, 1.82) is 0 Å². The monoisotopic (exact) mass is 598 g/mol. The Bertz CT molecular complexity index is 1250. The molecule has 3 aromatic rings. The lowest BCUT2D eigenvalue weighted by Crippen LogP contribution is -2.31. The van der Waals surface area contributed by atoms with Gasteiger partial charge in [-0.1, -0.05) is 78.1 Å². The number of aromatic nitrogens is 2. The highest BCUT2D eigenvalue weighted by molar-refractivity contribution is 8.01. The average Bonchev–Trinajstić information content (AvgIpc) is 3.41. The van der Waals surface area contributed by atoms with Crippen LogP contribution in [-0.2, 0) is 32.2 Å². The van der Waals surface area contributed by atoms with Gasteiger partial charge in [0.2, 0.25) is 11.8 Å². The van der Waals surface area contributed by atoms with Gasteiger partial charge in [-0.3, -0.25) is 9.59 Å². The Balaban J connectivity index is 1.32. The first-order chi connectivity index (χ1) is 19.9.